The number of sulfone groups is 1. The zero-order valence-electron chi connectivity index (χ0n) is 30.2. The molecule has 2 N–H and O–H groups in total. The molecule has 4 heterocycles. The van der Waals surface area contributed by atoms with Gasteiger partial charge in [-0.2, -0.15) is 5.26 Å². The Labute approximate surface area is 309 Å². The number of rotatable bonds is 12. The van der Waals surface area contributed by atoms with Crippen LogP contribution < -0.4 is 19.9 Å². The summed E-state index contributed by atoms with van der Waals surface area (Å²) >= 11 is 0. The van der Waals surface area contributed by atoms with E-state index in [1.165, 1.54) is 12.1 Å². The van der Waals surface area contributed by atoms with Crippen LogP contribution in [0.25, 0.3) is 0 Å². The Morgan fingerprint density at radius 1 is 1.04 bits per heavy atom. The lowest BCUT2D eigenvalue weighted by molar-refractivity contribution is -0.191. The summed E-state index contributed by atoms with van der Waals surface area (Å²) in [5.41, 5.74) is 4.32. The summed E-state index contributed by atoms with van der Waals surface area (Å²) in [6, 6.07) is 22.5. The molecule has 13 nitrogen and oxygen atoms in total. The van der Waals surface area contributed by atoms with Crippen LogP contribution in [0.3, 0.4) is 0 Å². The second kappa shape index (κ2) is 14.2. The van der Waals surface area contributed by atoms with Gasteiger partial charge in [0.15, 0.2) is 22.7 Å². The number of fused-ring (bicyclic) bond motifs is 2. The Kier molecular flexibility index (Phi) is 9.94. The van der Waals surface area contributed by atoms with Crippen molar-refractivity contribution < 1.29 is 46.4 Å². The van der Waals surface area contributed by atoms with Crippen molar-refractivity contribution in [1.29, 1.82) is 5.26 Å². The zero-order chi connectivity index (χ0) is 37.6. The van der Waals surface area contributed by atoms with Crippen molar-refractivity contribution in [3.63, 3.8) is 0 Å². The SMILES string of the molecule is CC(C)C[C@]1(C(=O)O[C@H]2CO[C@H]3OCC[C@H]32)OC(C)(C)N(CN)[C@@]1(Cc1ccc(OC(C#N)c2ccccc2)cc1)S(=O)(=O)c1ccc2c(c1)OCO2. The summed E-state index contributed by atoms with van der Waals surface area (Å²) < 4.78 is 73.4. The summed E-state index contributed by atoms with van der Waals surface area (Å²) in [5, 5.41) is 9.87. The molecule has 7 rings (SSSR count). The van der Waals surface area contributed by atoms with E-state index in [2.05, 4.69) is 6.07 Å². The molecule has 53 heavy (non-hydrogen) atoms. The van der Waals surface area contributed by atoms with Crippen molar-refractivity contribution in [2.24, 2.45) is 17.6 Å². The smallest absolute Gasteiger partial charge is 0.342 e. The van der Waals surface area contributed by atoms with Crippen molar-refractivity contribution in [1.82, 2.24) is 4.90 Å². The topological polar surface area (TPSA) is 169 Å². The molecule has 3 saturated heterocycles. The first kappa shape index (κ1) is 37.1. The molecule has 3 aromatic carbocycles. The number of hydrogen-bond donors (Lipinski definition) is 1. The summed E-state index contributed by atoms with van der Waals surface area (Å²) in [6.45, 7) is 7.46. The minimum absolute atomic E-state index is 0.0180. The minimum Gasteiger partial charge on any atom is -0.471 e. The predicted octanol–water partition coefficient (Wildman–Crippen LogP) is 4.85. The molecule has 0 amide bonds. The minimum atomic E-state index is -4.62. The van der Waals surface area contributed by atoms with E-state index in [1.54, 1.807) is 61.2 Å². The molecule has 1 unspecified atom stereocenters. The molecule has 0 saturated carbocycles. The first-order valence-corrected chi connectivity index (χ1v) is 19.3. The Morgan fingerprint density at radius 2 is 1.77 bits per heavy atom. The number of benzene rings is 3. The van der Waals surface area contributed by atoms with Gasteiger partial charge in [0.2, 0.25) is 28.3 Å². The Bertz CT molecular complexity index is 1970. The second-order valence-electron chi connectivity index (χ2n) is 14.7. The van der Waals surface area contributed by atoms with E-state index >= 15 is 13.2 Å². The fraction of sp³-hybridized carbons (Fsp3) is 0.487. The van der Waals surface area contributed by atoms with Crippen LogP contribution in [0.15, 0.2) is 77.7 Å². The van der Waals surface area contributed by atoms with Gasteiger partial charge in [-0.1, -0.05) is 56.3 Å². The first-order valence-electron chi connectivity index (χ1n) is 17.8. The summed E-state index contributed by atoms with van der Waals surface area (Å²) in [4.78, 5) is 14.4. The van der Waals surface area contributed by atoms with Crippen LogP contribution in [-0.2, 0) is 40.0 Å². The van der Waals surface area contributed by atoms with Gasteiger partial charge in [-0.05, 0) is 62.4 Å². The predicted molar refractivity (Wildman–Crippen MR) is 190 cm³/mol. The summed E-state index contributed by atoms with van der Waals surface area (Å²) in [5.74, 6) is -0.186. The fourth-order valence-corrected chi connectivity index (χ4v) is 10.7. The maximum absolute atomic E-state index is 15.8. The maximum atomic E-state index is 15.8. The summed E-state index contributed by atoms with van der Waals surface area (Å²) in [6.07, 6.45) is -1.65. The van der Waals surface area contributed by atoms with Crippen molar-refractivity contribution in [2.45, 2.75) is 86.5 Å². The highest BCUT2D eigenvalue weighted by atomic mass is 32.2. The van der Waals surface area contributed by atoms with E-state index in [-0.39, 0.29) is 55.4 Å². The van der Waals surface area contributed by atoms with E-state index in [4.69, 9.17) is 38.9 Å². The molecular formula is C39H45N3O10S. The Hall–Kier alpha value is -4.23. The van der Waals surface area contributed by atoms with Crippen LogP contribution >= 0.6 is 0 Å². The lowest BCUT2D eigenvalue weighted by Gasteiger charge is -2.46. The highest BCUT2D eigenvalue weighted by Crippen LogP contribution is 2.57. The van der Waals surface area contributed by atoms with Crippen molar-refractivity contribution in [3.8, 4) is 23.3 Å². The molecule has 4 aliphatic rings. The Morgan fingerprint density at radius 3 is 2.47 bits per heavy atom. The van der Waals surface area contributed by atoms with E-state index in [1.807, 2.05) is 32.0 Å². The van der Waals surface area contributed by atoms with Gasteiger partial charge < -0.3 is 38.9 Å². The van der Waals surface area contributed by atoms with E-state index in [0.717, 1.165) is 0 Å². The van der Waals surface area contributed by atoms with Crippen LogP contribution in [0.5, 0.6) is 17.2 Å². The third-order valence-corrected chi connectivity index (χ3v) is 13.0. The highest BCUT2D eigenvalue weighted by molar-refractivity contribution is 7.93. The van der Waals surface area contributed by atoms with E-state index in [9.17, 15) is 5.26 Å². The molecule has 3 aromatic rings. The van der Waals surface area contributed by atoms with Crippen LogP contribution in [0.4, 0.5) is 0 Å². The average Bonchev–Trinajstić information content (AvgIpc) is 3.92. The molecule has 14 heteroatoms. The lowest BCUT2D eigenvalue weighted by Crippen LogP contribution is -2.70. The zero-order valence-corrected chi connectivity index (χ0v) is 31.0. The van der Waals surface area contributed by atoms with Gasteiger partial charge in [-0.25, -0.2) is 18.1 Å². The highest BCUT2D eigenvalue weighted by Gasteiger charge is 2.77. The molecule has 282 valence electrons. The van der Waals surface area contributed by atoms with E-state index < -0.39 is 50.5 Å². The van der Waals surface area contributed by atoms with Gasteiger partial charge in [0.05, 0.1) is 24.0 Å². The van der Waals surface area contributed by atoms with Crippen molar-refractivity contribution in [2.75, 3.05) is 26.7 Å². The number of esters is 1. The van der Waals surface area contributed by atoms with Crippen LogP contribution in [0.2, 0.25) is 0 Å². The molecule has 3 fully saturated rings. The first-order chi connectivity index (χ1) is 25.3. The summed E-state index contributed by atoms with van der Waals surface area (Å²) in [7, 11) is -4.62. The second-order valence-corrected chi connectivity index (χ2v) is 16.9. The number of nitrogens with zero attached hydrogens (tertiary/aromatic N) is 2. The number of hydrogen-bond acceptors (Lipinski definition) is 13. The quantitative estimate of drug-likeness (QED) is 0.250. The molecule has 0 aromatic heterocycles. The molecule has 0 aliphatic carbocycles. The monoisotopic (exact) mass is 747 g/mol. The number of carbonyl (C=O) groups is 1. The van der Waals surface area contributed by atoms with Gasteiger partial charge in [0.1, 0.15) is 23.6 Å². The van der Waals surface area contributed by atoms with Crippen molar-refractivity contribution in [3.05, 3.63) is 83.9 Å². The largest absolute Gasteiger partial charge is 0.471 e. The van der Waals surface area contributed by atoms with E-state index in [0.29, 0.717) is 35.7 Å². The van der Waals surface area contributed by atoms with Gasteiger partial charge in [0, 0.05) is 24.7 Å². The molecular weight excluding hydrogens is 703 g/mol. The third kappa shape index (κ3) is 6.33. The number of nitriles is 1. The third-order valence-electron chi connectivity index (χ3n) is 10.5. The van der Waals surface area contributed by atoms with Gasteiger partial charge >= 0.3 is 5.97 Å². The lowest BCUT2D eigenvalue weighted by atomic mass is 9.81. The molecule has 4 aliphatic heterocycles. The normalized spacial score (nSPS) is 28.1. The number of ether oxygens (including phenoxy) is 7. The molecule has 0 bridgehead atoms. The van der Waals surface area contributed by atoms with Crippen LogP contribution in [-0.4, -0.2) is 74.6 Å². The maximum Gasteiger partial charge on any atom is 0.342 e. The average molecular weight is 748 g/mol. The van der Waals surface area contributed by atoms with Crippen LogP contribution in [0.1, 0.15) is 57.8 Å². The fourth-order valence-electron chi connectivity index (χ4n) is 8.25. The van der Waals surface area contributed by atoms with Gasteiger partial charge in [-0.3, -0.25) is 0 Å². The Balaban J connectivity index is 1.37. The van der Waals surface area contributed by atoms with Crippen molar-refractivity contribution >= 4 is 15.8 Å². The molecule has 0 radical (unpaired) electrons. The van der Waals surface area contributed by atoms with Crippen LogP contribution in [0, 0.1) is 23.2 Å². The molecule has 6 atom stereocenters. The standard InChI is InChI=1S/C39H45N3O10S/c1-25(2)19-38(36(43)51-34-22-47-35-30(34)16-17-46-35)39(42(23-41)37(3,4)52-38,53(44,45)29-14-15-31-32(18-29)49-24-48-31)20-26-10-12-28(13-11-26)50-33(21-40)27-8-6-5-7-9-27/h5-15,18,25,30,33-35H,16-17,19-20,22-24,41H2,1-4H3/t30-,33?,34-,35+,38+,39-/m0/s1. The number of nitrogens with two attached hydrogens (primary N) is 1. The van der Waals surface area contributed by atoms with Gasteiger partial charge in [-0.15, -0.1) is 0 Å². The number of carbonyl (C=O) groups excluding carboxylic acids is 1. The molecule has 0 spiro atoms. The van der Waals surface area contributed by atoms with Gasteiger partial charge in [0.25, 0.3) is 0 Å².